The first kappa shape index (κ1) is 30.4. The van der Waals surface area contributed by atoms with Crippen LogP contribution in [0.3, 0.4) is 0 Å². The molecule has 3 rings (SSSR count). The van der Waals surface area contributed by atoms with Crippen LogP contribution in [0.4, 0.5) is 0 Å². The van der Waals surface area contributed by atoms with Gasteiger partial charge in [0.2, 0.25) is 5.91 Å². The molecule has 0 fully saturated rings. The van der Waals surface area contributed by atoms with Crippen LogP contribution in [0.1, 0.15) is 86.1 Å². The number of rotatable bonds is 15. The van der Waals surface area contributed by atoms with E-state index in [0.29, 0.717) is 25.9 Å². The SMILES string of the molecule is CCCCCCCCC#Cc1ccc(CN(Cc2ccc(C=CC(=O)O)cc2)C(=O)CCc2ccccc2)cc1. The fraction of sp³-hybridized carbons (Fsp3) is 0.333. The number of carbonyl (C=O) groups excluding carboxylic acids is 1. The number of aryl methyl sites for hydroxylation is 1. The summed E-state index contributed by atoms with van der Waals surface area (Å²) in [5.74, 6) is 5.70. The Morgan fingerprint density at radius 2 is 1.40 bits per heavy atom. The fourth-order valence-electron chi connectivity index (χ4n) is 4.48. The number of hydrogen-bond acceptors (Lipinski definition) is 2. The summed E-state index contributed by atoms with van der Waals surface area (Å²) in [5, 5.41) is 8.86. The Balaban J connectivity index is 1.62. The Morgan fingerprint density at radius 1 is 0.775 bits per heavy atom. The number of amides is 1. The lowest BCUT2D eigenvalue weighted by Gasteiger charge is -2.23. The van der Waals surface area contributed by atoms with Gasteiger partial charge in [0, 0.05) is 37.6 Å². The summed E-state index contributed by atoms with van der Waals surface area (Å²) in [7, 11) is 0. The van der Waals surface area contributed by atoms with Crippen molar-refractivity contribution in [1.29, 1.82) is 0 Å². The van der Waals surface area contributed by atoms with Crippen LogP contribution in [0.25, 0.3) is 6.08 Å². The first-order chi connectivity index (χ1) is 19.5. The van der Waals surface area contributed by atoms with Gasteiger partial charge in [0.05, 0.1) is 0 Å². The molecule has 1 N–H and O–H groups in total. The molecule has 0 heterocycles. The Morgan fingerprint density at radius 3 is 2.05 bits per heavy atom. The topological polar surface area (TPSA) is 57.6 Å². The number of carboxylic acids is 1. The van der Waals surface area contributed by atoms with E-state index in [4.69, 9.17) is 5.11 Å². The zero-order valence-electron chi connectivity index (χ0n) is 23.6. The zero-order chi connectivity index (χ0) is 28.4. The second kappa shape index (κ2) is 17.5. The highest BCUT2D eigenvalue weighted by Gasteiger charge is 2.15. The third-order valence-corrected chi connectivity index (χ3v) is 6.81. The summed E-state index contributed by atoms with van der Waals surface area (Å²) < 4.78 is 0. The standard InChI is InChI=1S/C36H41NO3/c1-2-3-4-5-6-7-8-10-15-31-16-20-33(21-17-31)28-37(35(38)26-24-30-13-11-9-12-14-30)29-34-22-18-32(19-23-34)25-27-36(39)40/h9,11-14,16-23,25,27H,2-8,24,26,28-29H2,1H3,(H,39,40). The minimum absolute atomic E-state index is 0.0986. The largest absolute Gasteiger partial charge is 0.478 e. The molecule has 3 aromatic rings. The molecule has 0 spiro atoms. The summed E-state index contributed by atoms with van der Waals surface area (Å²) in [5.41, 5.74) is 5.02. The molecule has 40 heavy (non-hydrogen) atoms. The van der Waals surface area contributed by atoms with E-state index in [1.54, 1.807) is 6.08 Å². The number of benzene rings is 3. The van der Waals surface area contributed by atoms with Crippen LogP contribution < -0.4 is 0 Å². The number of unbranched alkanes of at least 4 members (excludes halogenated alkanes) is 6. The molecule has 4 nitrogen and oxygen atoms in total. The Hall–Kier alpha value is -4.10. The van der Waals surface area contributed by atoms with E-state index in [9.17, 15) is 9.59 Å². The van der Waals surface area contributed by atoms with Crippen molar-refractivity contribution in [3.05, 3.63) is 113 Å². The molecule has 0 saturated carbocycles. The van der Waals surface area contributed by atoms with Crippen molar-refractivity contribution in [3.63, 3.8) is 0 Å². The average molecular weight is 536 g/mol. The highest BCUT2D eigenvalue weighted by Crippen LogP contribution is 2.16. The van der Waals surface area contributed by atoms with Gasteiger partial charge in [0.1, 0.15) is 0 Å². The van der Waals surface area contributed by atoms with Crippen LogP contribution in [0.2, 0.25) is 0 Å². The monoisotopic (exact) mass is 535 g/mol. The average Bonchev–Trinajstić information content (AvgIpc) is 2.98. The Labute approximate surface area is 239 Å². The van der Waals surface area contributed by atoms with Crippen molar-refractivity contribution in [2.24, 2.45) is 0 Å². The normalized spacial score (nSPS) is 10.7. The summed E-state index contributed by atoms with van der Waals surface area (Å²) >= 11 is 0. The molecule has 0 aliphatic carbocycles. The van der Waals surface area contributed by atoms with Gasteiger partial charge in [-0.1, -0.05) is 118 Å². The van der Waals surface area contributed by atoms with Crippen molar-refractivity contribution in [2.75, 3.05) is 0 Å². The quantitative estimate of drug-likeness (QED) is 0.122. The van der Waals surface area contributed by atoms with Gasteiger partial charge in [-0.25, -0.2) is 4.79 Å². The van der Waals surface area contributed by atoms with Gasteiger partial charge < -0.3 is 10.0 Å². The van der Waals surface area contributed by atoms with Gasteiger partial charge in [0.15, 0.2) is 0 Å². The van der Waals surface area contributed by atoms with Crippen LogP contribution in [0.15, 0.2) is 84.9 Å². The van der Waals surface area contributed by atoms with E-state index in [1.807, 2.05) is 71.6 Å². The van der Waals surface area contributed by atoms with Crippen LogP contribution in [0.5, 0.6) is 0 Å². The first-order valence-electron chi connectivity index (χ1n) is 14.4. The van der Waals surface area contributed by atoms with Crippen molar-refractivity contribution < 1.29 is 14.7 Å². The lowest BCUT2D eigenvalue weighted by atomic mass is 10.1. The van der Waals surface area contributed by atoms with Crippen molar-refractivity contribution >= 4 is 18.0 Å². The second-order valence-electron chi connectivity index (χ2n) is 10.2. The molecule has 208 valence electrons. The van der Waals surface area contributed by atoms with Crippen molar-refractivity contribution in [1.82, 2.24) is 4.90 Å². The lowest BCUT2D eigenvalue weighted by molar-refractivity contribution is -0.132. The summed E-state index contributed by atoms with van der Waals surface area (Å²) in [6.45, 7) is 3.23. The highest BCUT2D eigenvalue weighted by molar-refractivity contribution is 5.85. The molecular weight excluding hydrogens is 494 g/mol. The Bertz CT molecular complexity index is 1270. The number of carbonyl (C=O) groups is 2. The van der Waals surface area contributed by atoms with E-state index in [-0.39, 0.29) is 5.91 Å². The fourth-order valence-corrected chi connectivity index (χ4v) is 4.48. The van der Waals surface area contributed by atoms with Crippen LogP contribution in [-0.2, 0) is 29.1 Å². The predicted molar refractivity (Wildman–Crippen MR) is 163 cm³/mol. The molecule has 0 aromatic heterocycles. The van der Waals surface area contributed by atoms with E-state index >= 15 is 0 Å². The van der Waals surface area contributed by atoms with Crippen LogP contribution in [0, 0.1) is 11.8 Å². The van der Waals surface area contributed by atoms with Crippen LogP contribution in [-0.4, -0.2) is 21.9 Å². The highest BCUT2D eigenvalue weighted by atomic mass is 16.4. The predicted octanol–water partition coefficient (Wildman–Crippen LogP) is 8.05. The molecule has 4 heteroatoms. The number of hydrogen-bond donors (Lipinski definition) is 1. The van der Waals surface area contributed by atoms with Gasteiger partial charge >= 0.3 is 5.97 Å². The maximum absolute atomic E-state index is 13.3. The second-order valence-corrected chi connectivity index (χ2v) is 10.2. The summed E-state index contributed by atoms with van der Waals surface area (Å²) in [6.07, 6.45) is 12.4. The van der Waals surface area contributed by atoms with Crippen molar-refractivity contribution in [3.8, 4) is 11.8 Å². The molecule has 0 saturated heterocycles. The smallest absolute Gasteiger partial charge is 0.328 e. The molecule has 0 aliphatic heterocycles. The molecular formula is C36H41NO3. The molecule has 0 atom stereocenters. The number of carboxylic acid groups (broad SMARTS) is 1. The number of aliphatic carboxylic acids is 1. The summed E-state index contributed by atoms with van der Waals surface area (Å²) in [4.78, 5) is 26.0. The van der Waals surface area contributed by atoms with E-state index < -0.39 is 5.97 Å². The van der Waals surface area contributed by atoms with Gasteiger partial charge in [-0.3, -0.25) is 4.79 Å². The minimum atomic E-state index is -0.978. The molecule has 1 amide bonds. The van der Waals surface area contributed by atoms with Crippen molar-refractivity contribution in [2.45, 2.75) is 77.8 Å². The Kier molecular flexibility index (Phi) is 13.3. The minimum Gasteiger partial charge on any atom is -0.478 e. The first-order valence-corrected chi connectivity index (χ1v) is 14.4. The van der Waals surface area contributed by atoms with Crippen LogP contribution >= 0.6 is 0 Å². The lowest BCUT2D eigenvalue weighted by Crippen LogP contribution is -2.30. The molecule has 0 radical (unpaired) electrons. The van der Waals surface area contributed by atoms with E-state index in [1.165, 1.54) is 32.1 Å². The zero-order valence-corrected chi connectivity index (χ0v) is 23.6. The van der Waals surface area contributed by atoms with Gasteiger partial charge in [-0.2, -0.15) is 0 Å². The third kappa shape index (κ3) is 11.7. The molecule has 0 unspecified atom stereocenters. The maximum atomic E-state index is 13.3. The van der Waals surface area contributed by atoms with E-state index in [0.717, 1.165) is 46.7 Å². The van der Waals surface area contributed by atoms with E-state index in [2.05, 4.69) is 30.9 Å². The summed E-state index contributed by atoms with van der Waals surface area (Å²) in [6, 6.07) is 25.9. The molecule has 0 bridgehead atoms. The third-order valence-electron chi connectivity index (χ3n) is 6.81. The molecule has 3 aromatic carbocycles. The van der Waals surface area contributed by atoms with Gasteiger partial charge in [0.25, 0.3) is 0 Å². The van der Waals surface area contributed by atoms with Gasteiger partial charge in [-0.05, 0) is 53.3 Å². The maximum Gasteiger partial charge on any atom is 0.328 e. The van der Waals surface area contributed by atoms with Gasteiger partial charge in [-0.15, -0.1) is 0 Å². The molecule has 0 aliphatic rings. The number of nitrogens with zero attached hydrogens (tertiary/aromatic N) is 1.